The molecule has 3 aromatic heterocycles. The number of hydrogen-bond donors (Lipinski definition) is 2. The summed E-state index contributed by atoms with van der Waals surface area (Å²) in [5.41, 5.74) is 2.54. The Labute approximate surface area is 192 Å². The van der Waals surface area contributed by atoms with Gasteiger partial charge in [0.2, 0.25) is 5.95 Å². The van der Waals surface area contributed by atoms with Gasteiger partial charge in [0.15, 0.2) is 0 Å². The minimum Gasteiger partial charge on any atom is -0.394 e. The lowest BCUT2D eigenvalue weighted by Crippen LogP contribution is -2.48. The van der Waals surface area contributed by atoms with Gasteiger partial charge in [0.25, 0.3) is 0 Å². The van der Waals surface area contributed by atoms with Crippen LogP contribution in [0.3, 0.4) is 0 Å². The summed E-state index contributed by atoms with van der Waals surface area (Å²) in [6, 6.07) is 5.88. The van der Waals surface area contributed by atoms with Crippen molar-refractivity contribution in [3.05, 3.63) is 40.7 Å². The minimum atomic E-state index is -1.09. The van der Waals surface area contributed by atoms with Gasteiger partial charge < -0.3 is 15.3 Å². The van der Waals surface area contributed by atoms with Crippen molar-refractivity contribution in [2.45, 2.75) is 49.1 Å². The number of fused-ring (bicyclic) bond motifs is 2. The van der Waals surface area contributed by atoms with Crippen LogP contribution in [0.1, 0.15) is 35.5 Å². The van der Waals surface area contributed by atoms with E-state index in [1.165, 1.54) is 4.88 Å². The SMILES string of the molecule is O=[S@]1CCc2nc(N3CCc4nc(-c5ccccn5)sc4C3)nc(NC3(CO)CCC3)c21. The second-order valence-corrected chi connectivity index (χ2v) is 11.2. The first-order chi connectivity index (χ1) is 15.6. The highest BCUT2D eigenvalue weighted by molar-refractivity contribution is 7.85. The quantitative estimate of drug-likeness (QED) is 0.589. The molecule has 0 radical (unpaired) electrons. The maximum atomic E-state index is 12.7. The van der Waals surface area contributed by atoms with E-state index in [0.717, 1.165) is 59.2 Å². The Kier molecular flexibility index (Phi) is 4.96. The van der Waals surface area contributed by atoms with Crippen LogP contribution in [0.4, 0.5) is 11.8 Å². The van der Waals surface area contributed by atoms with Crippen LogP contribution in [0, 0.1) is 0 Å². The largest absolute Gasteiger partial charge is 0.394 e. The van der Waals surface area contributed by atoms with Crippen LogP contribution >= 0.6 is 11.3 Å². The molecule has 0 bridgehead atoms. The molecule has 5 heterocycles. The Balaban J connectivity index is 1.32. The van der Waals surface area contributed by atoms with Crippen LogP contribution in [0.5, 0.6) is 0 Å². The first-order valence-corrected chi connectivity index (χ1v) is 13.1. The standard InChI is InChI=1S/C22H24N6O2S2/c29-13-22(7-3-8-22)27-19-18-15(6-11-32(18)30)25-21(26-19)28-10-5-14-17(12-28)31-20(24-14)16-4-1-2-9-23-16/h1-2,4,9,29H,3,5-8,10-13H2,(H,25,26,27)/t32-/m0/s1. The molecule has 3 aliphatic rings. The van der Waals surface area contributed by atoms with E-state index in [9.17, 15) is 9.32 Å². The highest BCUT2D eigenvalue weighted by Crippen LogP contribution is 2.39. The van der Waals surface area contributed by atoms with Crippen molar-refractivity contribution in [3.8, 4) is 10.7 Å². The zero-order valence-corrected chi connectivity index (χ0v) is 19.2. The molecular weight excluding hydrogens is 444 g/mol. The predicted molar refractivity (Wildman–Crippen MR) is 124 cm³/mol. The lowest BCUT2D eigenvalue weighted by Gasteiger charge is -2.41. The van der Waals surface area contributed by atoms with E-state index < -0.39 is 10.8 Å². The lowest BCUT2D eigenvalue weighted by molar-refractivity contribution is 0.143. The van der Waals surface area contributed by atoms with E-state index in [2.05, 4.69) is 15.2 Å². The minimum absolute atomic E-state index is 0.0536. The van der Waals surface area contributed by atoms with E-state index in [4.69, 9.17) is 15.0 Å². The van der Waals surface area contributed by atoms with Crippen molar-refractivity contribution in [2.24, 2.45) is 0 Å². The van der Waals surface area contributed by atoms with Gasteiger partial charge in [-0.2, -0.15) is 4.98 Å². The number of nitrogens with zero attached hydrogens (tertiary/aromatic N) is 5. The summed E-state index contributed by atoms with van der Waals surface area (Å²) in [6.45, 7) is 1.54. The fourth-order valence-corrected chi connectivity index (χ4v) is 6.96. The second-order valence-electron chi connectivity index (χ2n) is 8.64. The van der Waals surface area contributed by atoms with Crippen molar-refractivity contribution < 1.29 is 9.32 Å². The molecule has 32 heavy (non-hydrogen) atoms. The zero-order chi connectivity index (χ0) is 21.7. The molecule has 1 fully saturated rings. The highest BCUT2D eigenvalue weighted by Gasteiger charge is 2.39. The topological polar surface area (TPSA) is 104 Å². The van der Waals surface area contributed by atoms with E-state index in [0.29, 0.717) is 30.5 Å². The number of nitrogens with one attached hydrogen (secondary N) is 1. The Morgan fingerprint density at radius 2 is 2.09 bits per heavy atom. The van der Waals surface area contributed by atoms with E-state index >= 15 is 0 Å². The van der Waals surface area contributed by atoms with E-state index in [-0.39, 0.29) is 12.1 Å². The number of hydrogen-bond acceptors (Lipinski definition) is 9. The number of aliphatic hydroxyl groups is 1. The average Bonchev–Trinajstić information content (AvgIpc) is 3.40. The van der Waals surface area contributed by atoms with Crippen LogP contribution in [0.2, 0.25) is 0 Å². The normalized spacial score (nSPS) is 21.0. The monoisotopic (exact) mass is 468 g/mol. The molecule has 8 nitrogen and oxygen atoms in total. The molecule has 1 saturated carbocycles. The number of rotatable bonds is 5. The summed E-state index contributed by atoms with van der Waals surface area (Å²) in [5, 5.41) is 14.3. The molecule has 3 aromatic rings. The van der Waals surface area contributed by atoms with E-state index in [1.54, 1.807) is 17.5 Å². The van der Waals surface area contributed by atoms with Gasteiger partial charge in [-0.3, -0.25) is 9.19 Å². The van der Waals surface area contributed by atoms with Crippen molar-refractivity contribution in [1.29, 1.82) is 0 Å². The fourth-order valence-electron chi connectivity index (χ4n) is 4.55. The van der Waals surface area contributed by atoms with Gasteiger partial charge in [0.1, 0.15) is 15.7 Å². The van der Waals surface area contributed by atoms with Crippen LogP contribution in [-0.4, -0.2) is 53.7 Å². The molecule has 0 amide bonds. The number of aryl methyl sites for hydroxylation is 1. The van der Waals surface area contributed by atoms with Crippen molar-refractivity contribution in [1.82, 2.24) is 19.9 Å². The summed E-state index contributed by atoms with van der Waals surface area (Å²) in [4.78, 5) is 23.0. The third-order valence-electron chi connectivity index (χ3n) is 6.57. The predicted octanol–water partition coefficient (Wildman–Crippen LogP) is 2.55. The Hall–Kier alpha value is -2.43. The third-order valence-corrected chi connectivity index (χ3v) is 9.13. The summed E-state index contributed by atoms with van der Waals surface area (Å²) < 4.78 is 12.7. The average molecular weight is 469 g/mol. The van der Waals surface area contributed by atoms with Gasteiger partial charge in [0, 0.05) is 36.2 Å². The molecule has 2 N–H and O–H groups in total. The molecule has 0 aromatic carbocycles. The van der Waals surface area contributed by atoms with Crippen LogP contribution in [0.25, 0.3) is 10.7 Å². The Morgan fingerprint density at radius 3 is 2.84 bits per heavy atom. The van der Waals surface area contributed by atoms with Crippen molar-refractivity contribution in [2.75, 3.05) is 29.1 Å². The Morgan fingerprint density at radius 1 is 1.19 bits per heavy atom. The lowest BCUT2D eigenvalue weighted by atomic mass is 9.77. The smallest absolute Gasteiger partial charge is 0.227 e. The van der Waals surface area contributed by atoms with Crippen LogP contribution in [-0.2, 0) is 30.2 Å². The molecule has 166 valence electrons. The zero-order valence-electron chi connectivity index (χ0n) is 17.6. The highest BCUT2D eigenvalue weighted by atomic mass is 32.2. The van der Waals surface area contributed by atoms with Gasteiger partial charge in [-0.25, -0.2) is 9.97 Å². The van der Waals surface area contributed by atoms with Crippen LogP contribution in [0.15, 0.2) is 29.3 Å². The van der Waals surface area contributed by atoms with Gasteiger partial charge >= 0.3 is 0 Å². The Bertz CT molecular complexity index is 1190. The van der Waals surface area contributed by atoms with Crippen molar-refractivity contribution >= 4 is 33.9 Å². The number of thiazole rings is 1. The summed E-state index contributed by atoms with van der Waals surface area (Å²) in [5.74, 6) is 1.88. The molecule has 6 rings (SSSR count). The first kappa shape index (κ1) is 20.2. The molecule has 1 aliphatic carbocycles. The van der Waals surface area contributed by atoms with Gasteiger partial charge in [-0.05, 0) is 31.4 Å². The number of anilines is 2. The van der Waals surface area contributed by atoms with Gasteiger partial charge in [-0.1, -0.05) is 6.07 Å². The van der Waals surface area contributed by atoms with E-state index in [1.807, 2.05) is 18.2 Å². The maximum Gasteiger partial charge on any atom is 0.227 e. The van der Waals surface area contributed by atoms with Crippen LogP contribution < -0.4 is 10.2 Å². The molecule has 1 atom stereocenters. The fraction of sp³-hybridized carbons (Fsp3) is 0.455. The van der Waals surface area contributed by atoms with Gasteiger partial charge in [0.05, 0.1) is 46.6 Å². The summed E-state index contributed by atoms with van der Waals surface area (Å²) in [6.07, 6.45) is 6.19. The molecular formula is C22H24N6O2S2. The third kappa shape index (κ3) is 3.41. The molecule has 0 spiro atoms. The first-order valence-electron chi connectivity index (χ1n) is 11.0. The second kappa shape index (κ2) is 7.86. The molecule has 0 saturated heterocycles. The number of pyridine rings is 1. The number of aromatic nitrogens is 4. The molecule has 0 unspecified atom stereocenters. The van der Waals surface area contributed by atoms with Gasteiger partial charge in [-0.15, -0.1) is 11.3 Å². The molecule has 10 heteroatoms. The summed E-state index contributed by atoms with van der Waals surface area (Å²) in [7, 11) is -1.09. The molecule has 2 aliphatic heterocycles. The summed E-state index contributed by atoms with van der Waals surface area (Å²) >= 11 is 1.68. The number of aliphatic hydroxyl groups excluding tert-OH is 1. The van der Waals surface area contributed by atoms with Crippen molar-refractivity contribution in [3.63, 3.8) is 0 Å². The maximum absolute atomic E-state index is 12.7.